The van der Waals surface area contributed by atoms with Crippen molar-refractivity contribution in [1.29, 1.82) is 0 Å². The summed E-state index contributed by atoms with van der Waals surface area (Å²) >= 11 is 1.18. The molecule has 4 nitrogen and oxygen atoms in total. The quantitative estimate of drug-likeness (QED) is 0.891. The molecule has 0 bridgehead atoms. The molecule has 2 aromatic rings. The van der Waals surface area contributed by atoms with Gasteiger partial charge < -0.3 is 9.88 Å². The van der Waals surface area contributed by atoms with E-state index in [9.17, 15) is 9.59 Å². The molecule has 0 saturated heterocycles. The van der Waals surface area contributed by atoms with Gasteiger partial charge in [-0.25, -0.2) is 0 Å². The number of hydrogen-bond acceptors (Lipinski definition) is 3. The van der Waals surface area contributed by atoms with Crippen LogP contribution in [0.3, 0.4) is 0 Å². The maximum absolute atomic E-state index is 12.3. The lowest BCUT2D eigenvalue weighted by Crippen LogP contribution is -2.31. The smallest absolute Gasteiger partial charge is 0.307 e. The van der Waals surface area contributed by atoms with Crippen molar-refractivity contribution in [3.8, 4) is 0 Å². The van der Waals surface area contributed by atoms with E-state index in [1.54, 1.807) is 4.57 Å². The highest BCUT2D eigenvalue weighted by atomic mass is 32.1. The molecule has 1 fully saturated rings. The Balaban J connectivity index is 1.61. The molecule has 0 aliphatic heterocycles. The Morgan fingerprint density at radius 3 is 2.68 bits per heavy atom. The second-order valence-electron chi connectivity index (χ2n) is 5.84. The van der Waals surface area contributed by atoms with Crippen LogP contribution in [0, 0.1) is 12.8 Å². The fourth-order valence-corrected chi connectivity index (χ4v) is 3.46. The Labute approximate surface area is 133 Å². The molecule has 1 heterocycles. The van der Waals surface area contributed by atoms with Crippen molar-refractivity contribution in [3.05, 3.63) is 56.6 Å². The van der Waals surface area contributed by atoms with Gasteiger partial charge in [0.2, 0.25) is 5.91 Å². The number of aryl methyl sites for hydroxylation is 1. The normalized spacial score (nSPS) is 15.5. The highest BCUT2D eigenvalue weighted by Crippen LogP contribution is 2.40. The van der Waals surface area contributed by atoms with Gasteiger partial charge in [0.15, 0.2) is 0 Å². The summed E-state index contributed by atoms with van der Waals surface area (Å²) in [5.74, 6) is 0.565. The maximum atomic E-state index is 12.3. The zero-order chi connectivity index (χ0) is 15.5. The first-order valence-corrected chi connectivity index (χ1v) is 8.52. The summed E-state index contributed by atoms with van der Waals surface area (Å²) in [4.78, 5) is 23.9. The number of nitrogens with zero attached hydrogens (tertiary/aromatic N) is 1. The topological polar surface area (TPSA) is 51.1 Å². The van der Waals surface area contributed by atoms with Gasteiger partial charge in [-0.05, 0) is 31.2 Å². The number of rotatable bonds is 6. The van der Waals surface area contributed by atoms with Crippen LogP contribution in [0.25, 0.3) is 0 Å². The van der Waals surface area contributed by atoms with E-state index in [2.05, 4.69) is 17.4 Å². The molecule has 5 heteroatoms. The van der Waals surface area contributed by atoms with Crippen LogP contribution in [0.1, 0.15) is 36.6 Å². The molecule has 1 aliphatic carbocycles. The average molecular weight is 316 g/mol. The van der Waals surface area contributed by atoms with E-state index in [0.29, 0.717) is 18.9 Å². The van der Waals surface area contributed by atoms with Gasteiger partial charge in [-0.2, -0.15) is 0 Å². The number of carbonyl (C=O) groups is 1. The molecule has 1 aromatic carbocycles. The summed E-state index contributed by atoms with van der Waals surface area (Å²) in [5, 5.41) is 4.98. The minimum Gasteiger partial charge on any atom is -0.349 e. The van der Waals surface area contributed by atoms with Crippen molar-refractivity contribution in [1.82, 2.24) is 9.88 Å². The second-order valence-corrected chi connectivity index (χ2v) is 6.66. The van der Waals surface area contributed by atoms with Crippen LogP contribution in [0.4, 0.5) is 0 Å². The Kier molecular flexibility index (Phi) is 4.43. The molecular formula is C17H20N2O2S. The number of benzene rings is 1. The molecule has 1 aliphatic rings. The third-order valence-corrected chi connectivity index (χ3v) is 4.99. The van der Waals surface area contributed by atoms with Crippen molar-refractivity contribution in [2.24, 2.45) is 5.92 Å². The summed E-state index contributed by atoms with van der Waals surface area (Å²) in [5.41, 5.74) is 2.09. The first-order chi connectivity index (χ1) is 10.6. The van der Waals surface area contributed by atoms with Crippen LogP contribution in [0.5, 0.6) is 0 Å². The van der Waals surface area contributed by atoms with E-state index in [1.165, 1.54) is 29.7 Å². The van der Waals surface area contributed by atoms with Gasteiger partial charge in [0.1, 0.15) is 0 Å². The van der Waals surface area contributed by atoms with E-state index in [-0.39, 0.29) is 16.8 Å². The fourth-order valence-electron chi connectivity index (χ4n) is 2.70. The van der Waals surface area contributed by atoms with Gasteiger partial charge in [0, 0.05) is 24.0 Å². The van der Waals surface area contributed by atoms with Crippen molar-refractivity contribution >= 4 is 17.2 Å². The second kappa shape index (κ2) is 6.48. The number of aromatic nitrogens is 1. The molecule has 0 radical (unpaired) electrons. The van der Waals surface area contributed by atoms with Gasteiger partial charge in [0.05, 0.1) is 6.04 Å². The summed E-state index contributed by atoms with van der Waals surface area (Å²) in [6.45, 7) is 2.35. The Morgan fingerprint density at radius 2 is 2.09 bits per heavy atom. The Morgan fingerprint density at radius 1 is 1.36 bits per heavy atom. The van der Waals surface area contributed by atoms with E-state index in [4.69, 9.17) is 0 Å². The predicted octanol–water partition coefficient (Wildman–Crippen LogP) is 2.88. The van der Waals surface area contributed by atoms with Gasteiger partial charge >= 0.3 is 4.87 Å². The molecular weight excluding hydrogens is 296 g/mol. The van der Waals surface area contributed by atoms with E-state index in [1.807, 2.05) is 30.5 Å². The van der Waals surface area contributed by atoms with Crippen molar-refractivity contribution < 1.29 is 4.79 Å². The summed E-state index contributed by atoms with van der Waals surface area (Å²) in [6, 6.07) is 10.2. The van der Waals surface area contributed by atoms with E-state index >= 15 is 0 Å². The first kappa shape index (κ1) is 15.0. The lowest BCUT2D eigenvalue weighted by atomic mass is 10.0. The zero-order valence-corrected chi connectivity index (χ0v) is 13.4. The molecule has 116 valence electrons. The third-order valence-electron chi connectivity index (χ3n) is 4.11. The standard InChI is InChI=1S/C17H20N2O2S/c1-12-11-22-17(21)19(12)10-9-15(20)18-16(14-7-8-14)13-5-3-2-4-6-13/h2-6,11,14,16H,7-10H2,1H3,(H,18,20). The lowest BCUT2D eigenvalue weighted by molar-refractivity contribution is -0.122. The lowest BCUT2D eigenvalue weighted by Gasteiger charge is -2.19. The highest BCUT2D eigenvalue weighted by Gasteiger charge is 2.33. The molecule has 1 saturated carbocycles. The first-order valence-electron chi connectivity index (χ1n) is 7.64. The molecule has 1 N–H and O–H groups in total. The fraction of sp³-hybridized carbons (Fsp3) is 0.412. The summed E-state index contributed by atoms with van der Waals surface area (Å²) in [7, 11) is 0. The van der Waals surface area contributed by atoms with Gasteiger partial charge in [0.25, 0.3) is 0 Å². The van der Waals surface area contributed by atoms with E-state index < -0.39 is 0 Å². The summed E-state index contributed by atoms with van der Waals surface area (Å²) < 4.78 is 1.67. The third kappa shape index (κ3) is 3.47. The summed E-state index contributed by atoms with van der Waals surface area (Å²) in [6.07, 6.45) is 2.68. The Bertz CT molecular complexity index is 701. The average Bonchev–Trinajstić information content (AvgIpc) is 3.31. The van der Waals surface area contributed by atoms with Gasteiger partial charge in [-0.3, -0.25) is 9.59 Å². The predicted molar refractivity (Wildman–Crippen MR) is 88.0 cm³/mol. The minimum absolute atomic E-state index is 0.00658. The van der Waals surface area contributed by atoms with Crippen molar-refractivity contribution in [2.75, 3.05) is 0 Å². The van der Waals surface area contributed by atoms with Gasteiger partial charge in [-0.1, -0.05) is 41.7 Å². The molecule has 3 rings (SSSR count). The molecule has 22 heavy (non-hydrogen) atoms. The maximum Gasteiger partial charge on any atom is 0.307 e. The zero-order valence-electron chi connectivity index (χ0n) is 12.6. The van der Waals surface area contributed by atoms with Crippen LogP contribution in [-0.2, 0) is 11.3 Å². The number of carbonyl (C=O) groups excluding carboxylic acids is 1. The molecule has 1 atom stereocenters. The van der Waals surface area contributed by atoms with Gasteiger partial charge in [-0.15, -0.1) is 0 Å². The van der Waals surface area contributed by atoms with Crippen LogP contribution in [0.15, 0.2) is 40.5 Å². The number of amides is 1. The molecule has 0 spiro atoms. The van der Waals surface area contributed by atoms with Crippen LogP contribution in [0.2, 0.25) is 0 Å². The van der Waals surface area contributed by atoms with E-state index in [0.717, 1.165) is 5.69 Å². The molecule has 1 aromatic heterocycles. The SMILES string of the molecule is Cc1csc(=O)n1CCC(=O)NC(c1ccccc1)C1CC1. The van der Waals surface area contributed by atoms with Crippen LogP contribution >= 0.6 is 11.3 Å². The highest BCUT2D eigenvalue weighted by molar-refractivity contribution is 7.07. The monoisotopic (exact) mass is 316 g/mol. The van der Waals surface area contributed by atoms with Crippen molar-refractivity contribution in [2.45, 2.75) is 38.8 Å². The number of thiazole rings is 1. The molecule has 1 amide bonds. The minimum atomic E-state index is 0.00658. The Hall–Kier alpha value is -1.88. The van der Waals surface area contributed by atoms with Crippen LogP contribution < -0.4 is 10.2 Å². The molecule has 1 unspecified atom stereocenters. The largest absolute Gasteiger partial charge is 0.349 e. The van der Waals surface area contributed by atoms with Crippen LogP contribution in [-0.4, -0.2) is 10.5 Å². The number of nitrogens with one attached hydrogen (secondary N) is 1. The van der Waals surface area contributed by atoms with Crippen molar-refractivity contribution in [3.63, 3.8) is 0 Å². The number of hydrogen-bond donors (Lipinski definition) is 1.